The average Bonchev–Trinajstić information content (AvgIpc) is 3.77. The van der Waals surface area contributed by atoms with Gasteiger partial charge in [-0.1, -0.05) is 35.6 Å². The first-order chi connectivity index (χ1) is 23.6. The zero-order valence-corrected chi connectivity index (χ0v) is 29.0. The van der Waals surface area contributed by atoms with E-state index < -0.39 is 12.0 Å². The Bertz CT molecular complexity index is 2020. The molecule has 2 aromatic heterocycles. The molecule has 1 atom stereocenters. The van der Waals surface area contributed by atoms with E-state index in [4.69, 9.17) is 27.1 Å². The van der Waals surface area contributed by atoms with Gasteiger partial charge in [0.05, 0.1) is 24.2 Å². The monoisotopic (exact) mass is 697 g/mol. The quantitative estimate of drug-likeness (QED) is 0.115. The van der Waals surface area contributed by atoms with Crippen LogP contribution in [0.1, 0.15) is 87.3 Å². The van der Waals surface area contributed by atoms with Crippen molar-refractivity contribution < 1.29 is 19.1 Å². The lowest BCUT2D eigenvalue weighted by molar-refractivity contribution is -0.122. The van der Waals surface area contributed by atoms with Crippen LogP contribution in [0.15, 0.2) is 47.5 Å². The number of carbonyl (C=O) groups is 3. The number of hydrogen-bond acceptors (Lipinski definition) is 9. The molecule has 4 aromatic rings. The van der Waals surface area contributed by atoms with E-state index in [1.807, 2.05) is 35.8 Å². The molecule has 0 spiro atoms. The molecule has 1 saturated carbocycles. The van der Waals surface area contributed by atoms with Gasteiger partial charge in [0, 0.05) is 45.2 Å². The van der Waals surface area contributed by atoms with Gasteiger partial charge in [-0.3, -0.25) is 19.1 Å². The van der Waals surface area contributed by atoms with Crippen LogP contribution in [0.25, 0.3) is 5.00 Å². The molecule has 252 valence electrons. The van der Waals surface area contributed by atoms with Gasteiger partial charge in [-0.2, -0.15) is 0 Å². The Hall–Kier alpha value is -4.83. The fraction of sp³-hybridized carbons (Fsp3) is 0.333. The van der Waals surface area contributed by atoms with E-state index in [2.05, 4.69) is 46.5 Å². The summed E-state index contributed by atoms with van der Waals surface area (Å²) < 4.78 is 7.42. The molecular weight excluding hydrogens is 662 g/mol. The van der Waals surface area contributed by atoms with E-state index in [1.165, 1.54) is 0 Å². The number of ether oxygens (including phenoxy) is 1. The van der Waals surface area contributed by atoms with Crippen molar-refractivity contribution in [3.05, 3.63) is 91.8 Å². The molecule has 0 radical (unpaired) electrons. The molecule has 4 N–H and O–H groups in total. The number of fused-ring (bicyclic) bond motifs is 3. The summed E-state index contributed by atoms with van der Waals surface area (Å²) in [6, 6.07) is 11.8. The summed E-state index contributed by atoms with van der Waals surface area (Å²) in [6.45, 7) is 6.48. The number of nitrogens with zero attached hydrogens (tertiary/aromatic N) is 4. The van der Waals surface area contributed by atoms with Gasteiger partial charge in [0.25, 0.3) is 0 Å². The van der Waals surface area contributed by atoms with E-state index >= 15 is 0 Å². The first-order valence-electron chi connectivity index (χ1n) is 16.1. The largest absolute Gasteiger partial charge is 0.459 e. The lowest BCUT2D eigenvalue weighted by Crippen LogP contribution is -2.27. The Morgan fingerprint density at radius 1 is 1.08 bits per heavy atom. The van der Waals surface area contributed by atoms with Crippen LogP contribution in [0.2, 0.25) is 5.02 Å². The van der Waals surface area contributed by atoms with Gasteiger partial charge < -0.3 is 21.1 Å². The number of anilines is 1. The Labute approximate surface area is 293 Å². The second-order valence-corrected chi connectivity index (χ2v) is 13.6. The van der Waals surface area contributed by atoms with Crippen LogP contribution in [-0.4, -0.2) is 57.5 Å². The highest BCUT2D eigenvalue weighted by molar-refractivity contribution is 7.15. The smallest absolute Gasteiger partial charge is 0.339 e. The number of amides is 2. The van der Waals surface area contributed by atoms with Gasteiger partial charge in [-0.15, -0.1) is 21.5 Å². The molecular formula is C36H36ClN7O4S. The highest BCUT2D eigenvalue weighted by atomic mass is 35.5. The number of benzene rings is 2. The van der Waals surface area contributed by atoms with Gasteiger partial charge in [0.2, 0.25) is 11.8 Å². The van der Waals surface area contributed by atoms with Crippen LogP contribution in [0.4, 0.5) is 5.69 Å². The van der Waals surface area contributed by atoms with Gasteiger partial charge in [0.1, 0.15) is 23.0 Å². The van der Waals surface area contributed by atoms with E-state index in [0.717, 1.165) is 45.1 Å². The SMILES string of the molecule is Cc1sc2c(c1C)C(c1ccc(Cl)cc1)=N[C@@H](CC(=O)NCCCC(=O)Nc1ccc(C(=O)OC3CC3)c(C#CCN)c1)c1nnc(C)n1-2. The van der Waals surface area contributed by atoms with Crippen molar-refractivity contribution in [1.82, 2.24) is 20.1 Å². The minimum absolute atomic E-state index is 0.0402. The number of carbonyl (C=O) groups excluding carboxylic acids is 3. The van der Waals surface area contributed by atoms with Crippen molar-refractivity contribution in [2.45, 2.75) is 65.0 Å². The van der Waals surface area contributed by atoms with E-state index in [1.54, 1.807) is 29.5 Å². The number of aromatic nitrogens is 3. The van der Waals surface area contributed by atoms with Crippen molar-refractivity contribution >= 4 is 52.1 Å². The number of nitrogens with two attached hydrogens (primary N) is 1. The minimum Gasteiger partial charge on any atom is -0.459 e. The normalized spacial score (nSPS) is 14.8. The first kappa shape index (κ1) is 34.0. The number of thiophene rings is 1. The van der Waals surface area contributed by atoms with E-state index in [-0.39, 0.29) is 37.3 Å². The van der Waals surface area contributed by atoms with Crippen LogP contribution in [0, 0.1) is 32.6 Å². The molecule has 2 aliphatic rings. The molecule has 2 amide bonds. The minimum atomic E-state index is -0.587. The lowest BCUT2D eigenvalue weighted by Gasteiger charge is -2.13. The molecule has 1 fully saturated rings. The molecule has 13 heteroatoms. The fourth-order valence-corrected chi connectivity index (χ4v) is 6.87. The molecule has 2 aromatic carbocycles. The summed E-state index contributed by atoms with van der Waals surface area (Å²) >= 11 is 7.85. The third-order valence-corrected chi connectivity index (χ3v) is 9.73. The number of nitrogens with one attached hydrogen (secondary N) is 2. The first-order valence-corrected chi connectivity index (χ1v) is 17.3. The van der Waals surface area contributed by atoms with Crippen molar-refractivity contribution in [3.8, 4) is 16.8 Å². The van der Waals surface area contributed by atoms with E-state index in [0.29, 0.717) is 46.5 Å². The van der Waals surface area contributed by atoms with Crippen molar-refractivity contribution in [2.75, 3.05) is 18.4 Å². The second-order valence-electron chi connectivity index (χ2n) is 12.0. The number of aryl methyl sites for hydroxylation is 2. The number of halogens is 1. The summed E-state index contributed by atoms with van der Waals surface area (Å²) in [6.07, 6.45) is 2.32. The lowest BCUT2D eigenvalue weighted by atomic mass is 9.99. The molecule has 11 nitrogen and oxygen atoms in total. The van der Waals surface area contributed by atoms with Crippen molar-refractivity contribution in [1.29, 1.82) is 0 Å². The summed E-state index contributed by atoms with van der Waals surface area (Å²) in [7, 11) is 0. The maximum atomic E-state index is 13.3. The van der Waals surface area contributed by atoms with Crippen LogP contribution >= 0.6 is 22.9 Å². The van der Waals surface area contributed by atoms with E-state index in [9.17, 15) is 14.4 Å². The van der Waals surface area contributed by atoms with Crippen LogP contribution in [0.5, 0.6) is 0 Å². The molecule has 6 rings (SSSR count). The Morgan fingerprint density at radius 2 is 1.86 bits per heavy atom. The molecule has 0 saturated heterocycles. The summed E-state index contributed by atoms with van der Waals surface area (Å²) in [5.74, 6) is 6.08. The molecule has 0 unspecified atom stereocenters. The molecule has 49 heavy (non-hydrogen) atoms. The number of rotatable bonds is 10. The summed E-state index contributed by atoms with van der Waals surface area (Å²) in [5, 5.41) is 16.2. The third kappa shape index (κ3) is 7.75. The standard InChI is InChI=1S/C36H36ClN7O4S/c1-20-21(2)49-35-32(20)33(23-8-10-25(37)11-9-23)41-29(34-43-42-22(3)44(34)35)19-31(46)39-17-5-7-30(45)40-26-12-15-28(24(18-26)6-4-16-38)36(47)48-27-13-14-27/h8-12,15,18,27,29H,5,7,13-14,16-17,19,38H2,1-3H3,(H,39,46)(H,40,45)/t29-/m0/s1. The highest BCUT2D eigenvalue weighted by Gasteiger charge is 2.32. The molecule has 3 heterocycles. The zero-order chi connectivity index (χ0) is 34.7. The number of hydrogen-bond donors (Lipinski definition) is 3. The topological polar surface area (TPSA) is 154 Å². The maximum absolute atomic E-state index is 13.3. The van der Waals surface area contributed by atoms with Crippen LogP contribution in [-0.2, 0) is 14.3 Å². The summed E-state index contributed by atoms with van der Waals surface area (Å²) in [4.78, 5) is 44.9. The maximum Gasteiger partial charge on any atom is 0.339 e. The third-order valence-electron chi connectivity index (χ3n) is 8.29. The molecule has 1 aliphatic carbocycles. The molecule has 0 bridgehead atoms. The Balaban J connectivity index is 1.10. The summed E-state index contributed by atoms with van der Waals surface area (Å²) in [5.41, 5.74) is 10.6. The van der Waals surface area contributed by atoms with Crippen molar-refractivity contribution in [2.24, 2.45) is 10.7 Å². The predicted octanol–water partition coefficient (Wildman–Crippen LogP) is 5.35. The van der Waals surface area contributed by atoms with Gasteiger partial charge in [-0.25, -0.2) is 4.79 Å². The Morgan fingerprint density at radius 3 is 2.59 bits per heavy atom. The van der Waals surface area contributed by atoms with Gasteiger partial charge in [0.15, 0.2) is 5.82 Å². The van der Waals surface area contributed by atoms with Gasteiger partial charge in [-0.05, 0) is 75.9 Å². The van der Waals surface area contributed by atoms with Gasteiger partial charge >= 0.3 is 5.97 Å². The average molecular weight is 698 g/mol. The highest BCUT2D eigenvalue weighted by Crippen LogP contribution is 2.39. The van der Waals surface area contributed by atoms with Crippen LogP contribution < -0.4 is 16.4 Å². The number of aliphatic imine (C=N–C) groups is 1. The molecule has 1 aliphatic heterocycles. The Kier molecular flexibility index (Phi) is 10.2. The zero-order valence-electron chi connectivity index (χ0n) is 27.4. The number of esters is 1. The predicted molar refractivity (Wildman–Crippen MR) is 190 cm³/mol. The van der Waals surface area contributed by atoms with Crippen molar-refractivity contribution in [3.63, 3.8) is 0 Å². The fourth-order valence-electron chi connectivity index (χ4n) is 5.53. The van der Waals surface area contributed by atoms with Crippen LogP contribution in [0.3, 0.4) is 0 Å². The second kappa shape index (κ2) is 14.7.